The van der Waals surface area contributed by atoms with E-state index in [1.807, 2.05) is 30.3 Å². The first-order valence-electron chi connectivity index (χ1n) is 8.35. The average molecular weight is 342 g/mol. The van der Waals surface area contributed by atoms with Gasteiger partial charge < -0.3 is 9.84 Å². The molecule has 0 saturated carbocycles. The van der Waals surface area contributed by atoms with Crippen LogP contribution in [0.2, 0.25) is 0 Å². The Hall–Kier alpha value is -1.78. The third-order valence-corrected chi connectivity index (χ3v) is 5.33. The number of ether oxygens (including phenoxy) is 1. The van der Waals surface area contributed by atoms with E-state index in [1.165, 1.54) is 4.90 Å². The number of hydrogen-bond donors (Lipinski definition) is 1. The molecule has 0 fully saturated rings. The molecule has 0 spiro atoms. The molecule has 126 valence electrons. The van der Waals surface area contributed by atoms with Crippen LogP contribution < -0.4 is 0 Å². The Kier molecular flexibility index (Phi) is 5.27. The molecular weight excluding hydrogens is 320 g/mol. The zero-order valence-corrected chi connectivity index (χ0v) is 14.6. The van der Waals surface area contributed by atoms with Gasteiger partial charge in [-0.1, -0.05) is 36.0 Å². The van der Waals surface area contributed by atoms with Crippen molar-refractivity contribution in [3.8, 4) is 0 Å². The van der Waals surface area contributed by atoms with Gasteiger partial charge in [0.2, 0.25) is 0 Å². The number of esters is 1. The van der Waals surface area contributed by atoms with Crippen molar-refractivity contribution in [3.63, 3.8) is 0 Å². The van der Waals surface area contributed by atoms with Gasteiger partial charge in [-0.15, -0.1) is 0 Å². The fraction of sp³-hybridized carbons (Fsp3) is 0.350. The standard InChI is InChI=1S/C20H22O3S/c1-2-23-19(21)14-20(22)12-6-7-15-13-17(10-11-18(15)20)24-16-8-4-3-5-9-16/h3-5,8-11,13,22H,2,6-7,12,14H2,1H3. The van der Waals surface area contributed by atoms with E-state index in [0.29, 0.717) is 13.0 Å². The number of carbonyl (C=O) groups is 1. The predicted octanol–water partition coefficient (Wildman–Crippen LogP) is 4.31. The molecule has 0 amide bonds. The highest BCUT2D eigenvalue weighted by molar-refractivity contribution is 7.99. The Bertz CT molecular complexity index is 714. The van der Waals surface area contributed by atoms with Crippen molar-refractivity contribution in [2.75, 3.05) is 6.61 Å². The van der Waals surface area contributed by atoms with Crippen molar-refractivity contribution in [1.82, 2.24) is 0 Å². The quantitative estimate of drug-likeness (QED) is 0.822. The lowest BCUT2D eigenvalue weighted by atomic mass is 9.77. The highest BCUT2D eigenvalue weighted by Crippen LogP contribution is 2.40. The second-order valence-corrected chi connectivity index (χ2v) is 7.25. The third-order valence-electron chi connectivity index (χ3n) is 4.34. The molecule has 2 aromatic carbocycles. The Labute approximate surface area is 147 Å². The summed E-state index contributed by atoms with van der Waals surface area (Å²) >= 11 is 1.71. The first-order valence-corrected chi connectivity index (χ1v) is 9.17. The molecule has 1 N–H and O–H groups in total. The van der Waals surface area contributed by atoms with Crippen LogP contribution in [-0.2, 0) is 21.6 Å². The molecule has 1 aliphatic rings. The molecule has 0 saturated heterocycles. The lowest BCUT2D eigenvalue weighted by molar-refractivity contribution is -0.149. The van der Waals surface area contributed by atoms with E-state index in [2.05, 4.69) is 18.2 Å². The maximum Gasteiger partial charge on any atom is 0.309 e. The minimum absolute atomic E-state index is 0.0268. The Balaban J connectivity index is 1.83. The van der Waals surface area contributed by atoms with Crippen LogP contribution in [0.25, 0.3) is 0 Å². The van der Waals surface area contributed by atoms with Crippen LogP contribution in [-0.4, -0.2) is 17.7 Å². The van der Waals surface area contributed by atoms with Gasteiger partial charge in [-0.05, 0) is 61.6 Å². The normalized spacial score (nSPS) is 19.6. The van der Waals surface area contributed by atoms with Gasteiger partial charge in [0.25, 0.3) is 0 Å². The number of aryl methyl sites for hydroxylation is 1. The Morgan fingerprint density at radius 3 is 2.75 bits per heavy atom. The number of aliphatic hydroxyl groups is 1. The number of hydrogen-bond acceptors (Lipinski definition) is 4. The molecule has 3 rings (SSSR count). The van der Waals surface area contributed by atoms with Crippen LogP contribution >= 0.6 is 11.8 Å². The van der Waals surface area contributed by atoms with Crippen molar-refractivity contribution < 1.29 is 14.6 Å². The van der Waals surface area contributed by atoms with E-state index in [0.717, 1.165) is 28.9 Å². The van der Waals surface area contributed by atoms with E-state index in [-0.39, 0.29) is 12.4 Å². The summed E-state index contributed by atoms with van der Waals surface area (Å²) in [7, 11) is 0. The van der Waals surface area contributed by atoms with E-state index >= 15 is 0 Å². The van der Waals surface area contributed by atoms with E-state index in [1.54, 1.807) is 18.7 Å². The van der Waals surface area contributed by atoms with Crippen LogP contribution in [0.15, 0.2) is 58.3 Å². The zero-order valence-electron chi connectivity index (χ0n) is 13.8. The second kappa shape index (κ2) is 7.41. The number of rotatable bonds is 5. The molecule has 0 radical (unpaired) electrons. The Morgan fingerprint density at radius 2 is 2.00 bits per heavy atom. The molecule has 24 heavy (non-hydrogen) atoms. The van der Waals surface area contributed by atoms with Gasteiger partial charge in [-0.2, -0.15) is 0 Å². The van der Waals surface area contributed by atoms with Crippen molar-refractivity contribution in [1.29, 1.82) is 0 Å². The Morgan fingerprint density at radius 1 is 1.21 bits per heavy atom. The van der Waals surface area contributed by atoms with E-state index in [4.69, 9.17) is 4.74 Å². The fourth-order valence-electron chi connectivity index (χ4n) is 3.26. The largest absolute Gasteiger partial charge is 0.466 e. The smallest absolute Gasteiger partial charge is 0.309 e. The van der Waals surface area contributed by atoms with Gasteiger partial charge in [0.15, 0.2) is 0 Å². The van der Waals surface area contributed by atoms with Crippen molar-refractivity contribution >= 4 is 17.7 Å². The minimum atomic E-state index is -1.10. The van der Waals surface area contributed by atoms with Gasteiger partial charge >= 0.3 is 5.97 Å². The lowest BCUT2D eigenvalue weighted by Crippen LogP contribution is -2.33. The second-order valence-electron chi connectivity index (χ2n) is 6.10. The van der Waals surface area contributed by atoms with Crippen molar-refractivity contribution in [3.05, 3.63) is 59.7 Å². The first kappa shape index (κ1) is 17.1. The maximum absolute atomic E-state index is 11.8. The molecule has 0 aliphatic heterocycles. The molecule has 1 unspecified atom stereocenters. The van der Waals surface area contributed by atoms with E-state index < -0.39 is 5.60 Å². The molecule has 2 aromatic rings. The molecule has 4 heteroatoms. The molecular formula is C20H22O3S. The highest BCUT2D eigenvalue weighted by Gasteiger charge is 2.37. The molecule has 1 atom stereocenters. The molecule has 3 nitrogen and oxygen atoms in total. The monoisotopic (exact) mass is 342 g/mol. The van der Waals surface area contributed by atoms with Gasteiger partial charge in [-0.3, -0.25) is 4.79 Å². The summed E-state index contributed by atoms with van der Waals surface area (Å²) in [5.74, 6) is -0.337. The summed E-state index contributed by atoms with van der Waals surface area (Å²) in [5, 5.41) is 11.0. The summed E-state index contributed by atoms with van der Waals surface area (Å²) < 4.78 is 5.02. The average Bonchev–Trinajstić information content (AvgIpc) is 2.56. The predicted molar refractivity (Wildman–Crippen MR) is 95.1 cm³/mol. The summed E-state index contributed by atoms with van der Waals surface area (Å²) in [4.78, 5) is 14.2. The third kappa shape index (κ3) is 3.82. The maximum atomic E-state index is 11.8. The minimum Gasteiger partial charge on any atom is -0.466 e. The van der Waals surface area contributed by atoms with E-state index in [9.17, 15) is 9.90 Å². The first-order chi connectivity index (χ1) is 11.6. The van der Waals surface area contributed by atoms with Gasteiger partial charge in [0.05, 0.1) is 13.0 Å². The number of benzene rings is 2. The highest BCUT2D eigenvalue weighted by atomic mass is 32.2. The van der Waals surface area contributed by atoms with Crippen molar-refractivity contribution in [2.45, 2.75) is 48.0 Å². The van der Waals surface area contributed by atoms with Crippen LogP contribution in [0.4, 0.5) is 0 Å². The molecule has 0 bridgehead atoms. The van der Waals surface area contributed by atoms with Gasteiger partial charge in [-0.25, -0.2) is 0 Å². The zero-order chi connectivity index (χ0) is 17.0. The fourth-order valence-corrected chi connectivity index (χ4v) is 4.16. The molecule has 1 aliphatic carbocycles. The summed E-state index contributed by atoms with van der Waals surface area (Å²) in [6.07, 6.45) is 2.44. The number of fused-ring (bicyclic) bond motifs is 1. The summed E-state index contributed by atoms with van der Waals surface area (Å²) in [5.41, 5.74) is 0.906. The topological polar surface area (TPSA) is 46.5 Å². The van der Waals surface area contributed by atoms with Gasteiger partial charge in [0.1, 0.15) is 5.60 Å². The molecule has 0 aromatic heterocycles. The number of carbonyl (C=O) groups excluding carboxylic acids is 1. The van der Waals surface area contributed by atoms with Crippen molar-refractivity contribution in [2.24, 2.45) is 0 Å². The van der Waals surface area contributed by atoms with Crippen LogP contribution in [0, 0.1) is 0 Å². The lowest BCUT2D eigenvalue weighted by Gasteiger charge is -2.34. The summed E-state index contributed by atoms with van der Waals surface area (Å²) in [6.45, 7) is 2.12. The van der Waals surface area contributed by atoms with Gasteiger partial charge in [0, 0.05) is 9.79 Å². The summed E-state index contributed by atoms with van der Waals surface area (Å²) in [6, 6.07) is 16.4. The van der Waals surface area contributed by atoms with Crippen LogP contribution in [0.5, 0.6) is 0 Å². The van der Waals surface area contributed by atoms with Crippen LogP contribution in [0.1, 0.15) is 37.3 Å². The SMILES string of the molecule is CCOC(=O)CC1(O)CCCc2cc(Sc3ccccc3)ccc21. The van der Waals surface area contributed by atoms with Crippen LogP contribution in [0.3, 0.4) is 0 Å². The molecule has 0 heterocycles.